The first-order valence-electron chi connectivity index (χ1n) is 6.08. The van der Waals surface area contributed by atoms with E-state index in [0.717, 1.165) is 10.5 Å². The summed E-state index contributed by atoms with van der Waals surface area (Å²) in [5.41, 5.74) is 4.68. The van der Waals surface area contributed by atoms with Crippen LogP contribution in [0.1, 0.15) is 20.7 Å². The third kappa shape index (κ3) is 3.89. The Kier molecular flexibility index (Phi) is 4.84. The molecule has 0 radical (unpaired) electrons. The van der Waals surface area contributed by atoms with Gasteiger partial charge in [-0.15, -0.1) is 0 Å². The number of nitrogens with zero attached hydrogens (tertiary/aromatic N) is 1. The number of carbonyl (C=O) groups is 2. The summed E-state index contributed by atoms with van der Waals surface area (Å²) < 4.78 is 0.824. The normalized spacial score (nSPS) is 9.86. The van der Waals surface area contributed by atoms with Gasteiger partial charge in [-0.1, -0.05) is 22.0 Å². The lowest BCUT2D eigenvalue weighted by molar-refractivity contribution is -0.384. The summed E-state index contributed by atoms with van der Waals surface area (Å²) in [5, 5.41) is 10.7. The molecule has 2 rings (SSSR count). The van der Waals surface area contributed by atoms with Crippen LogP contribution >= 0.6 is 15.9 Å². The van der Waals surface area contributed by atoms with Crippen LogP contribution in [0.25, 0.3) is 0 Å². The van der Waals surface area contributed by atoms with E-state index in [0.29, 0.717) is 5.56 Å². The molecule has 0 atom stereocenters. The number of hydrazine groups is 1. The third-order valence-corrected chi connectivity index (χ3v) is 3.24. The fraction of sp³-hybridized carbons (Fsp3) is 0. The molecule has 112 valence electrons. The van der Waals surface area contributed by atoms with E-state index in [1.165, 1.54) is 18.2 Å². The summed E-state index contributed by atoms with van der Waals surface area (Å²) in [6.07, 6.45) is 0. The van der Waals surface area contributed by atoms with Gasteiger partial charge in [-0.3, -0.25) is 30.6 Å². The van der Waals surface area contributed by atoms with Gasteiger partial charge in [0.25, 0.3) is 17.5 Å². The first-order chi connectivity index (χ1) is 10.5. The van der Waals surface area contributed by atoms with Crippen LogP contribution in [0.2, 0.25) is 0 Å². The first kappa shape index (κ1) is 15.6. The zero-order chi connectivity index (χ0) is 16.1. The van der Waals surface area contributed by atoms with E-state index in [1.54, 1.807) is 24.3 Å². The Morgan fingerprint density at radius 2 is 1.55 bits per heavy atom. The Morgan fingerprint density at radius 3 is 2.14 bits per heavy atom. The average Bonchev–Trinajstić information content (AvgIpc) is 2.53. The number of benzene rings is 2. The fourth-order valence-electron chi connectivity index (χ4n) is 1.62. The fourth-order valence-corrected chi connectivity index (χ4v) is 1.88. The molecule has 7 nitrogen and oxygen atoms in total. The zero-order valence-corrected chi connectivity index (χ0v) is 12.7. The molecule has 0 fully saturated rings. The van der Waals surface area contributed by atoms with Crippen molar-refractivity contribution in [3.05, 3.63) is 74.2 Å². The van der Waals surface area contributed by atoms with Crippen LogP contribution in [-0.2, 0) is 0 Å². The number of halogens is 1. The Labute approximate surface area is 133 Å². The third-order valence-electron chi connectivity index (χ3n) is 2.72. The van der Waals surface area contributed by atoms with Gasteiger partial charge >= 0.3 is 0 Å². The number of non-ortho nitro benzene ring substituents is 1. The van der Waals surface area contributed by atoms with Crippen molar-refractivity contribution in [1.82, 2.24) is 10.9 Å². The lowest BCUT2D eigenvalue weighted by Crippen LogP contribution is -2.41. The molecule has 0 bridgehead atoms. The van der Waals surface area contributed by atoms with Gasteiger partial charge in [0.1, 0.15) is 0 Å². The Morgan fingerprint density at radius 1 is 0.955 bits per heavy atom. The second-order valence-corrected chi connectivity index (χ2v) is 5.14. The Bertz CT molecular complexity index is 731. The van der Waals surface area contributed by atoms with Crippen molar-refractivity contribution in [1.29, 1.82) is 0 Å². The van der Waals surface area contributed by atoms with E-state index in [4.69, 9.17) is 0 Å². The highest BCUT2D eigenvalue weighted by molar-refractivity contribution is 9.10. The second-order valence-electron chi connectivity index (χ2n) is 4.22. The molecule has 0 aromatic heterocycles. The van der Waals surface area contributed by atoms with Crippen LogP contribution in [0, 0.1) is 10.1 Å². The molecular weight excluding hydrogens is 354 g/mol. The van der Waals surface area contributed by atoms with Gasteiger partial charge in [0, 0.05) is 27.7 Å². The number of rotatable bonds is 3. The van der Waals surface area contributed by atoms with Crippen LogP contribution in [0.5, 0.6) is 0 Å². The lowest BCUT2D eigenvalue weighted by atomic mass is 10.2. The summed E-state index contributed by atoms with van der Waals surface area (Å²) in [7, 11) is 0. The second kappa shape index (κ2) is 6.81. The van der Waals surface area contributed by atoms with Gasteiger partial charge in [-0.25, -0.2) is 0 Å². The topological polar surface area (TPSA) is 101 Å². The molecular formula is C14H10BrN3O4. The minimum Gasteiger partial charge on any atom is -0.267 e. The number of hydrogen-bond donors (Lipinski definition) is 2. The summed E-state index contributed by atoms with van der Waals surface area (Å²) in [4.78, 5) is 33.7. The average molecular weight is 364 g/mol. The lowest BCUT2D eigenvalue weighted by Gasteiger charge is -2.07. The van der Waals surface area contributed by atoms with Gasteiger partial charge in [0.15, 0.2) is 0 Å². The molecule has 2 N–H and O–H groups in total. The van der Waals surface area contributed by atoms with Crippen LogP contribution in [0.3, 0.4) is 0 Å². The maximum Gasteiger partial charge on any atom is 0.270 e. The summed E-state index contributed by atoms with van der Waals surface area (Å²) in [6, 6.07) is 11.8. The van der Waals surface area contributed by atoms with Crippen LogP contribution in [-0.4, -0.2) is 16.7 Å². The van der Waals surface area contributed by atoms with Crippen LogP contribution in [0.4, 0.5) is 5.69 Å². The maximum atomic E-state index is 11.9. The van der Waals surface area contributed by atoms with Crippen molar-refractivity contribution >= 4 is 33.4 Å². The highest BCUT2D eigenvalue weighted by Crippen LogP contribution is 2.13. The molecule has 22 heavy (non-hydrogen) atoms. The molecule has 2 amide bonds. The molecule has 2 aromatic carbocycles. The summed E-state index contributed by atoms with van der Waals surface area (Å²) in [5.74, 6) is -1.14. The van der Waals surface area contributed by atoms with Gasteiger partial charge in [0.05, 0.1) is 4.92 Å². The smallest absolute Gasteiger partial charge is 0.267 e. The van der Waals surface area contributed by atoms with Crippen molar-refractivity contribution in [3.63, 3.8) is 0 Å². The summed E-state index contributed by atoms with van der Waals surface area (Å²) >= 11 is 3.25. The van der Waals surface area contributed by atoms with Gasteiger partial charge in [-0.2, -0.15) is 0 Å². The molecule has 0 aliphatic heterocycles. The van der Waals surface area contributed by atoms with Gasteiger partial charge in [-0.05, 0) is 30.3 Å². The molecule has 0 aliphatic carbocycles. The van der Waals surface area contributed by atoms with E-state index in [9.17, 15) is 19.7 Å². The van der Waals surface area contributed by atoms with E-state index in [1.807, 2.05) is 0 Å². The van der Waals surface area contributed by atoms with Crippen LogP contribution in [0.15, 0.2) is 53.0 Å². The number of nitrogens with one attached hydrogen (secondary N) is 2. The molecule has 0 saturated carbocycles. The molecule has 0 spiro atoms. The molecule has 0 unspecified atom stereocenters. The summed E-state index contributed by atoms with van der Waals surface area (Å²) in [6.45, 7) is 0. The first-order valence-corrected chi connectivity index (χ1v) is 6.87. The molecule has 0 heterocycles. The number of amides is 2. The number of hydrogen-bond acceptors (Lipinski definition) is 4. The molecule has 0 saturated heterocycles. The molecule has 0 aliphatic rings. The van der Waals surface area contributed by atoms with E-state index >= 15 is 0 Å². The van der Waals surface area contributed by atoms with Crippen molar-refractivity contribution in [3.8, 4) is 0 Å². The minimum absolute atomic E-state index is 0.0744. The molecule has 8 heteroatoms. The van der Waals surface area contributed by atoms with Crippen molar-refractivity contribution in [2.75, 3.05) is 0 Å². The largest absolute Gasteiger partial charge is 0.270 e. The molecule has 2 aromatic rings. The van der Waals surface area contributed by atoms with Crippen molar-refractivity contribution < 1.29 is 14.5 Å². The number of nitro groups is 1. The zero-order valence-electron chi connectivity index (χ0n) is 11.1. The predicted octanol–water partition coefficient (Wildman–Crippen LogP) is 2.43. The highest BCUT2D eigenvalue weighted by atomic mass is 79.9. The number of carbonyl (C=O) groups excluding carboxylic acids is 2. The number of nitro benzene ring substituents is 1. The van der Waals surface area contributed by atoms with Gasteiger partial charge in [0.2, 0.25) is 0 Å². The maximum absolute atomic E-state index is 11.9. The Balaban J connectivity index is 2.00. The van der Waals surface area contributed by atoms with Gasteiger partial charge < -0.3 is 0 Å². The monoisotopic (exact) mass is 363 g/mol. The quantitative estimate of drug-likeness (QED) is 0.645. The minimum atomic E-state index is -0.644. The highest BCUT2D eigenvalue weighted by Gasteiger charge is 2.12. The Hall–Kier alpha value is -2.74. The van der Waals surface area contributed by atoms with Crippen molar-refractivity contribution in [2.24, 2.45) is 0 Å². The predicted molar refractivity (Wildman–Crippen MR) is 82.2 cm³/mol. The van der Waals surface area contributed by atoms with E-state index < -0.39 is 16.7 Å². The SMILES string of the molecule is O=C(NNC(=O)c1cccc([N+](=O)[O-])c1)c1ccc(Br)cc1. The van der Waals surface area contributed by atoms with E-state index in [2.05, 4.69) is 26.8 Å². The van der Waals surface area contributed by atoms with Crippen LogP contribution < -0.4 is 10.9 Å². The standard InChI is InChI=1S/C14H10BrN3O4/c15-11-6-4-9(5-7-11)13(19)16-17-14(20)10-2-1-3-12(8-10)18(21)22/h1-8H,(H,16,19)(H,17,20). The van der Waals surface area contributed by atoms with Crippen molar-refractivity contribution in [2.45, 2.75) is 0 Å². The van der Waals surface area contributed by atoms with E-state index in [-0.39, 0.29) is 11.3 Å².